The lowest BCUT2D eigenvalue weighted by molar-refractivity contribution is -0.116. The average Bonchev–Trinajstić information content (AvgIpc) is 2.46. The summed E-state index contributed by atoms with van der Waals surface area (Å²) in [4.78, 5) is 11.7. The van der Waals surface area contributed by atoms with Crippen LogP contribution in [0.2, 0.25) is 0 Å². The van der Waals surface area contributed by atoms with Crippen LogP contribution in [0.4, 0.5) is 4.39 Å². The third-order valence-electron chi connectivity index (χ3n) is 2.70. The topological polar surface area (TPSA) is 29.1 Å². The Morgan fingerprint density at radius 2 is 1.85 bits per heavy atom. The van der Waals surface area contributed by atoms with E-state index in [4.69, 9.17) is 0 Å². The van der Waals surface area contributed by atoms with Crippen LogP contribution >= 0.6 is 15.9 Å². The Hall–Kier alpha value is -1.94. The second-order valence-corrected chi connectivity index (χ2v) is 5.05. The number of carbonyl (C=O) groups excluding carboxylic acids is 1. The molecule has 2 aromatic carbocycles. The number of benzene rings is 2. The van der Waals surface area contributed by atoms with Gasteiger partial charge in [0.05, 0.1) is 0 Å². The highest BCUT2D eigenvalue weighted by molar-refractivity contribution is 9.10. The van der Waals surface area contributed by atoms with E-state index in [9.17, 15) is 9.18 Å². The largest absolute Gasteiger partial charge is 0.348 e. The molecule has 0 saturated carbocycles. The molecule has 0 aliphatic heterocycles. The van der Waals surface area contributed by atoms with E-state index in [2.05, 4.69) is 21.2 Å². The molecular weight excluding hydrogens is 321 g/mol. The minimum Gasteiger partial charge on any atom is -0.348 e. The monoisotopic (exact) mass is 333 g/mol. The fourth-order valence-electron chi connectivity index (χ4n) is 1.63. The molecule has 0 heterocycles. The smallest absolute Gasteiger partial charge is 0.244 e. The van der Waals surface area contributed by atoms with Gasteiger partial charge in [0.25, 0.3) is 0 Å². The Bertz CT molecular complexity index is 623. The molecule has 0 fully saturated rings. The summed E-state index contributed by atoms with van der Waals surface area (Å²) in [6.45, 7) is 0.374. The molecule has 0 spiro atoms. The van der Waals surface area contributed by atoms with E-state index in [1.54, 1.807) is 18.2 Å². The molecule has 2 rings (SSSR count). The third-order valence-corrected chi connectivity index (χ3v) is 3.42. The highest BCUT2D eigenvalue weighted by Gasteiger charge is 1.98. The Labute approximate surface area is 125 Å². The standard InChI is InChI=1S/C16H13BrFNO/c17-15-4-2-1-3-13(15)7-10-16(20)19-11-12-5-8-14(18)9-6-12/h1-10H,11H2,(H,19,20)/b10-7+. The zero-order valence-corrected chi connectivity index (χ0v) is 12.2. The molecule has 0 atom stereocenters. The lowest BCUT2D eigenvalue weighted by atomic mass is 10.2. The van der Waals surface area contributed by atoms with E-state index >= 15 is 0 Å². The van der Waals surface area contributed by atoms with Crippen LogP contribution in [-0.2, 0) is 11.3 Å². The van der Waals surface area contributed by atoms with Crippen LogP contribution in [0.5, 0.6) is 0 Å². The molecule has 2 aromatic rings. The van der Waals surface area contributed by atoms with Gasteiger partial charge in [-0.1, -0.05) is 46.3 Å². The van der Waals surface area contributed by atoms with Gasteiger partial charge in [0.1, 0.15) is 5.82 Å². The summed E-state index contributed by atoms with van der Waals surface area (Å²) >= 11 is 3.41. The van der Waals surface area contributed by atoms with Gasteiger partial charge in [0.2, 0.25) is 5.91 Å². The van der Waals surface area contributed by atoms with Gasteiger partial charge in [-0.15, -0.1) is 0 Å². The molecule has 102 valence electrons. The Morgan fingerprint density at radius 1 is 1.15 bits per heavy atom. The normalized spacial score (nSPS) is 10.7. The van der Waals surface area contributed by atoms with Crippen LogP contribution in [0.15, 0.2) is 59.1 Å². The van der Waals surface area contributed by atoms with Crippen LogP contribution in [-0.4, -0.2) is 5.91 Å². The molecule has 0 aliphatic carbocycles. The summed E-state index contributed by atoms with van der Waals surface area (Å²) in [6, 6.07) is 13.7. The fourth-order valence-corrected chi connectivity index (χ4v) is 2.04. The van der Waals surface area contributed by atoms with E-state index < -0.39 is 0 Å². The van der Waals surface area contributed by atoms with Gasteiger partial charge < -0.3 is 5.32 Å². The molecule has 0 bridgehead atoms. The van der Waals surface area contributed by atoms with Gasteiger partial charge >= 0.3 is 0 Å². The zero-order valence-electron chi connectivity index (χ0n) is 10.6. The van der Waals surface area contributed by atoms with E-state index in [0.717, 1.165) is 15.6 Å². The quantitative estimate of drug-likeness (QED) is 0.844. The SMILES string of the molecule is O=C(/C=C/c1ccccc1Br)NCc1ccc(F)cc1. The molecule has 0 aromatic heterocycles. The Morgan fingerprint density at radius 3 is 2.55 bits per heavy atom. The first-order chi connectivity index (χ1) is 9.65. The van der Waals surface area contributed by atoms with Crippen LogP contribution in [0.1, 0.15) is 11.1 Å². The summed E-state index contributed by atoms with van der Waals surface area (Å²) in [5.74, 6) is -0.473. The molecule has 1 N–H and O–H groups in total. The minimum absolute atomic E-state index is 0.190. The van der Waals surface area contributed by atoms with Gasteiger partial charge in [-0.2, -0.15) is 0 Å². The van der Waals surface area contributed by atoms with Crippen molar-refractivity contribution in [2.75, 3.05) is 0 Å². The lowest BCUT2D eigenvalue weighted by Crippen LogP contribution is -2.20. The van der Waals surface area contributed by atoms with E-state index in [0.29, 0.717) is 6.54 Å². The number of amides is 1. The molecule has 0 radical (unpaired) electrons. The summed E-state index contributed by atoms with van der Waals surface area (Å²) < 4.78 is 13.7. The van der Waals surface area contributed by atoms with Crippen molar-refractivity contribution in [2.24, 2.45) is 0 Å². The number of hydrogen-bond acceptors (Lipinski definition) is 1. The van der Waals surface area contributed by atoms with Gasteiger partial charge in [0.15, 0.2) is 0 Å². The molecule has 4 heteroatoms. The molecule has 0 unspecified atom stereocenters. The molecule has 0 aliphatic rings. The van der Waals surface area contributed by atoms with Gasteiger partial charge in [-0.05, 0) is 35.4 Å². The van der Waals surface area contributed by atoms with Crippen molar-refractivity contribution in [1.82, 2.24) is 5.32 Å². The maximum absolute atomic E-state index is 12.7. The maximum Gasteiger partial charge on any atom is 0.244 e. The average molecular weight is 334 g/mol. The second-order valence-electron chi connectivity index (χ2n) is 4.20. The first-order valence-electron chi connectivity index (χ1n) is 6.10. The Balaban J connectivity index is 1.90. The van der Waals surface area contributed by atoms with Crippen molar-refractivity contribution in [3.8, 4) is 0 Å². The third kappa shape index (κ3) is 4.31. The van der Waals surface area contributed by atoms with Gasteiger partial charge in [-0.25, -0.2) is 4.39 Å². The van der Waals surface area contributed by atoms with Crippen molar-refractivity contribution < 1.29 is 9.18 Å². The van der Waals surface area contributed by atoms with Crippen molar-refractivity contribution in [3.63, 3.8) is 0 Å². The first kappa shape index (κ1) is 14.5. The van der Waals surface area contributed by atoms with Crippen LogP contribution in [0, 0.1) is 5.82 Å². The number of hydrogen-bond donors (Lipinski definition) is 1. The first-order valence-corrected chi connectivity index (χ1v) is 6.89. The van der Waals surface area contributed by atoms with Crippen molar-refractivity contribution in [1.29, 1.82) is 0 Å². The minimum atomic E-state index is -0.283. The Kier molecular flexibility index (Phi) is 5.07. The van der Waals surface area contributed by atoms with E-state index in [1.807, 2.05) is 24.3 Å². The summed E-state index contributed by atoms with van der Waals surface area (Å²) in [5, 5.41) is 2.74. The van der Waals surface area contributed by atoms with Crippen LogP contribution in [0.25, 0.3) is 6.08 Å². The van der Waals surface area contributed by atoms with Crippen molar-refractivity contribution >= 4 is 27.9 Å². The fraction of sp³-hybridized carbons (Fsp3) is 0.0625. The van der Waals surface area contributed by atoms with Crippen LogP contribution in [0.3, 0.4) is 0 Å². The lowest BCUT2D eigenvalue weighted by Gasteiger charge is -2.02. The van der Waals surface area contributed by atoms with Gasteiger partial charge in [-0.3, -0.25) is 4.79 Å². The zero-order chi connectivity index (χ0) is 14.4. The molecule has 2 nitrogen and oxygen atoms in total. The molecule has 0 saturated heterocycles. The summed E-state index contributed by atoms with van der Waals surface area (Å²) in [6.07, 6.45) is 3.22. The van der Waals surface area contributed by atoms with Crippen LogP contribution < -0.4 is 5.32 Å². The van der Waals surface area contributed by atoms with Crippen molar-refractivity contribution in [2.45, 2.75) is 6.54 Å². The molecule has 1 amide bonds. The molecule has 20 heavy (non-hydrogen) atoms. The van der Waals surface area contributed by atoms with Gasteiger partial charge in [0, 0.05) is 17.1 Å². The highest BCUT2D eigenvalue weighted by Crippen LogP contribution is 2.16. The van der Waals surface area contributed by atoms with E-state index in [-0.39, 0.29) is 11.7 Å². The number of nitrogens with one attached hydrogen (secondary N) is 1. The van der Waals surface area contributed by atoms with Crippen molar-refractivity contribution in [3.05, 3.63) is 76.0 Å². The predicted molar refractivity (Wildman–Crippen MR) is 81.4 cm³/mol. The maximum atomic E-state index is 12.7. The van der Waals surface area contributed by atoms with E-state index in [1.165, 1.54) is 18.2 Å². The number of rotatable bonds is 4. The summed E-state index contributed by atoms with van der Waals surface area (Å²) in [5.41, 5.74) is 1.79. The number of carbonyl (C=O) groups is 1. The highest BCUT2D eigenvalue weighted by atomic mass is 79.9. The number of halogens is 2. The molecular formula is C16H13BrFNO. The second kappa shape index (κ2) is 7.01. The predicted octanol–water partition coefficient (Wildman–Crippen LogP) is 3.92. The summed E-state index contributed by atoms with van der Waals surface area (Å²) in [7, 11) is 0.